The summed E-state index contributed by atoms with van der Waals surface area (Å²) in [6.45, 7) is 3.10. The van der Waals surface area contributed by atoms with Crippen LogP contribution in [0.4, 0.5) is 0 Å². The van der Waals surface area contributed by atoms with Crippen LogP contribution >= 0.6 is 0 Å². The average molecular weight is 186 g/mol. The van der Waals surface area contributed by atoms with Gasteiger partial charge in [-0.05, 0) is 31.0 Å². The minimum atomic E-state index is 0.240. The van der Waals surface area contributed by atoms with Crippen molar-refractivity contribution in [2.75, 3.05) is 6.54 Å². The maximum Gasteiger partial charge on any atom is 0.0641 e. The van der Waals surface area contributed by atoms with Crippen LogP contribution in [0.2, 0.25) is 0 Å². The van der Waals surface area contributed by atoms with Gasteiger partial charge in [-0.3, -0.25) is 0 Å². The number of nitriles is 1. The van der Waals surface area contributed by atoms with Crippen LogP contribution in [0.15, 0.2) is 18.2 Å². The number of hydrogen-bond acceptors (Lipinski definition) is 2. The molecule has 1 aliphatic rings. The van der Waals surface area contributed by atoms with Crippen LogP contribution in [0.5, 0.6) is 0 Å². The Morgan fingerprint density at radius 2 is 2.43 bits per heavy atom. The van der Waals surface area contributed by atoms with Crippen LogP contribution in [-0.2, 0) is 6.42 Å². The SMILES string of the molecule is Cc1ccc2c(c1)CCNC2CC#N. The van der Waals surface area contributed by atoms with Crippen molar-refractivity contribution in [3.63, 3.8) is 0 Å². The lowest BCUT2D eigenvalue weighted by Crippen LogP contribution is -2.29. The van der Waals surface area contributed by atoms with E-state index in [-0.39, 0.29) is 6.04 Å². The first-order valence-electron chi connectivity index (χ1n) is 5.01. The van der Waals surface area contributed by atoms with Gasteiger partial charge in [0, 0.05) is 6.04 Å². The van der Waals surface area contributed by atoms with E-state index >= 15 is 0 Å². The van der Waals surface area contributed by atoms with E-state index in [2.05, 4.69) is 36.5 Å². The third-order valence-corrected chi connectivity index (χ3v) is 2.75. The zero-order chi connectivity index (χ0) is 9.97. The van der Waals surface area contributed by atoms with Crippen molar-refractivity contribution in [2.24, 2.45) is 0 Å². The number of nitrogens with one attached hydrogen (secondary N) is 1. The fourth-order valence-electron chi connectivity index (χ4n) is 2.06. The van der Waals surface area contributed by atoms with Gasteiger partial charge in [0.25, 0.3) is 0 Å². The molecule has 0 bridgehead atoms. The Morgan fingerprint density at radius 1 is 1.57 bits per heavy atom. The number of benzene rings is 1. The summed E-state index contributed by atoms with van der Waals surface area (Å²) >= 11 is 0. The summed E-state index contributed by atoms with van der Waals surface area (Å²) in [6, 6.07) is 8.98. The van der Waals surface area contributed by atoms with E-state index in [1.807, 2.05) is 0 Å². The summed E-state index contributed by atoms with van der Waals surface area (Å²) in [5.74, 6) is 0. The third kappa shape index (κ3) is 1.64. The van der Waals surface area contributed by atoms with Gasteiger partial charge in [0.05, 0.1) is 12.5 Å². The largest absolute Gasteiger partial charge is 0.309 e. The highest BCUT2D eigenvalue weighted by Gasteiger charge is 2.18. The number of rotatable bonds is 1. The molecule has 1 N–H and O–H groups in total. The maximum atomic E-state index is 8.71. The van der Waals surface area contributed by atoms with E-state index in [4.69, 9.17) is 5.26 Å². The van der Waals surface area contributed by atoms with Gasteiger partial charge in [-0.1, -0.05) is 23.8 Å². The molecule has 14 heavy (non-hydrogen) atoms. The second kappa shape index (κ2) is 3.81. The summed E-state index contributed by atoms with van der Waals surface area (Å²) in [6.07, 6.45) is 1.65. The zero-order valence-electron chi connectivity index (χ0n) is 8.38. The van der Waals surface area contributed by atoms with Crippen molar-refractivity contribution in [1.82, 2.24) is 5.32 Å². The van der Waals surface area contributed by atoms with Gasteiger partial charge in [0.2, 0.25) is 0 Å². The van der Waals surface area contributed by atoms with Crippen LogP contribution in [0.1, 0.15) is 29.2 Å². The summed E-state index contributed by atoms with van der Waals surface area (Å²) < 4.78 is 0. The van der Waals surface area contributed by atoms with Crippen LogP contribution < -0.4 is 5.32 Å². The topological polar surface area (TPSA) is 35.8 Å². The lowest BCUT2D eigenvalue weighted by molar-refractivity contribution is 0.513. The maximum absolute atomic E-state index is 8.71. The van der Waals surface area contributed by atoms with E-state index in [1.165, 1.54) is 16.7 Å². The molecule has 0 saturated heterocycles. The second-order valence-electron chi connectivity index (χ2n) is 3.82. The highest BCUT2D eigenvalue weighted by atomic mass is 14.9. The Balaban J connectivity index is 2.36. The molecule has 0 saturated carbocycles. The Hall–Kier alpha value is -1.33. The van der Waals surface area contributed by atoms with Crippen molar-refractivity contribution in [3.8, 4) is 6.07 Å². The van der Waals surface area contributed by atoms with Gasteiger partial charge in [0.15, 0.2) is 0 Å². The first-order valence-corrected chi connectivity index (χ1v) is 5.01. The molecular formula is C12H14N2. The normalized spacial score (nSPS) is 19.9. The standard InChI is InChI=1S/C12H14N2/c1-9-2-3-11-10(8-9)5-7-14-12(11)4-6-13/h2-3,8,12,14H,4-5,7H2,1H3. The van der Waals surface area contributed by atoms with Crippen LogP contribution in [0, 0.1) is 18.3 Å². The molecule has 0 spiro atoms. The molecule has 0 aromatic heterocycles. The van der Waals surface area contributed by atoms with E-state index in [0.717, 1.165) is 13.0 Å². The Bertz CT molecular complexity index is 376. The van der Waals surface area contributed by atoms with Crippen molar-refractivity contribution in [2.45, 2.75) is 25.8 Å². The lowest BCUT2D eigenvalue weighted by Gasteiger charge is -2.25. The third-order valence-electron chi connectivity index (χ3n) is 2.75. The highest BCUT2D eigenvalue weighted by molar-refractivity contribution is 5.36. The van der Waals surface area contributed by atoms with Gasteiger partial charge in [-0.15, -0.1) is 0 Å². The molecule has 1 atom stereocenters. The fraction of sp³-hybridized carbons (Fsp3) is 0.417. The molecule has 2 nitrogen and oxygen atoms in total. The van der Waals surface area contributed by atoms with Crippen molar-refractivity contribution in [1.29, 1.82) is 5.26 Å². The van der Waals surface area contributed by atoms with Crippen LogP contribution in [-0.4, -0.2) is 6.54 Å². The Morgan fingerprint density at radius 3 is 3.21 bits per heavy atom. The molecule has 2 rings (SSSR count). The molecule has 0 fully saturated rings. The highest BCUT2D eigenvalue weighted by Crippen LogP contribution is 2.25. The van der Waals surface area contributed by atoms with Crippen molar-refractivity contribution in [3.05, 3.63) is 34.9 Å². The molecule has 0 radical (unpaired) electrons. The lowest BCUT2D eigenvalue weighted by atomic mass is 9.91. The van der Waals surface area contributed by atoms with Gasteiger partial charge < -0.3 is 5.32 Å². The van der Waals surface area contributed by atoms with E-state index < -0.39 is 0 Å². The number of nitrogens with zero attached hydrogens (tertiary/aromatic N) is 1. The van der Waals surface area contributed by atoms with Crippen molar-refractivity contribution >= 4 is 0 Å². The summed E-state index contributed by atoms with van der Waals surface area (Å²) in [4.78, 5) is 0. The van der Waals surface area contributed by atoms with Gasteiger partial charge >= 0.3 is 0 Å². The van der Waals surface area contributed by atoms with Crippen LogP contribution in [0.25, 0.3) is 0 Å². The molecular weight excluding hydrogens is 172 g/mol. The quantitative estimate of drug-likeness (QED) is 0.729. The van der Waals surface area contributed by atoms with Gasteiger partial charge in [-0.2, -0.15) is 5.26 Å². The minimum Gasteiger partial charge on any atom is -0.309 e. The molecule has 0 aliphatic carbocycles. The number of aryl methyl sites for hydroxylation is 1. The molecule has 1 unspecified atom stereocenters. The minimum absolute atomic E-state index is 0.240. The molecule has 0 amide bonds. The predicted octanol–water partition coefficient (Wildman–Crippen LogP) is 2.10. The summed E-state index contributed by atoms with van der Waals surface area (Å²) in [5, 5.41) is 12.1. The molecule has 1 aromatic rings. The number of fused-ring (bicyclic) bond motifs is 1. The molecule has 1 aliphatic heterocycles. The average Bonchev–Trinajstić information content (AvgIpc) is 2.18. The molecule has 1 aromatic carbocycles. The smallest absolute Gasteiger partial charge is 0.0641 e. The zero-order valence-corrected chi connectivity index (χ0v) is 8.38. The van der Waals surface area contributed by atoms with E-state index in [0.29, 0.717) is 6.42 Å². The first-order chi connectivity index (χ1) is 6.81. The first kappa shape index (κ1) is 9.23. The number of hydrogen-bond donors (Lipinski definition) is 1. The molecule has 2 heteroatoms. The van der Waals surface area contributed by atoms with E-state index in [9.17, 15) is 0 Å². The van der Waals surface area contributed by atoms with Gasteiger partial charge in [-0.25, -0.2) is 0 Å². The molecule has 1 heterocycles. The van der Waals surface area contributed by atoms with Gasteiger partial charge in [0.1, 0.15) is 0 Å². The predicted molar refractivity (Wildman–Crippen MR) is 55.9 cm³/mol. The Kier molecular flexibility index (Phi) is 2.51. The summed E-state index contributed by atoms with van der Waals surface area (Å²) in [5.41, 5.74) is 4.02. The summed E-state index contributed by atoms with van der Waals surface area (Å²) in [7, 11) is 0. The second-order valence-corrected chi connectivity index (χ2v) is 3.82. The monoisotopic (exact) mass is 186 g/mol. The Labute approximate surface area is 84.6 Å². The fourth-order valence-corrected chi connectivity index (χ4v) is 2.06. The van der Waals surface area contributed by atoms with Crippen LogP contribution in [0.3, 0.4) is 0 Å². The van der Waals surface area contributed by atoms with Crippen molar-refractivity contribution < 1.29 is 0 Å². The van der Waals surface area contributed by atoms with E-state index in [1.54, 1.807) is 0 Å². The molecule has 72 valence electrons.